The van der Waals surface area contributed by atoms with Crippen LogP contribution in [0.1, 0.15) is 5.56 Å². The average Bonchev–Trinajstić information content (AvgIpc) is 2.23. The van der Waals surface area contributed by atoms with Gasteiger partial charge in [-0.15, -0.1) is 0 Å². The van der Waals surface area contributed by atoms with Gasteiger partial charge in [0.05, 0.1) is 3.57 Å². The Bertz CT molecular complexity index is 548. The molecule has 0 bridgehead atoms. The van der Waals surface area contributed by atoms with Crippen molar-refractivity contribution in [2.24, 2.45) is 0 Å². The summed E-state index contributed by atoms with van der Waals surface area (Å²) in [4.78, 5) is 18.4. The van der Waals surface area contributed by atoms with Gasteiger partial charge in [0, 0.05) is 11.8 Å². The van der Waals surface area contributed by atoms with Gasteiger partial charge in [0.25, 0.3) is 5.56 Å². The van der Waals surface area contributed by atoms with E-state index in [2.05, 4.69) is 9.97 Å². The summed E-state index contributed by atoms with van der Waals surface area (Å²) in [5.74, 6) is 0.624. The molecule has 1 aromatic carbocycles. The molecule has 76 valence electrons. The molecule has 2 aromatic rings. The van der Waals surface area contributed by atoms with Crippen LogP contribution in [0.15, 0.2) is 35.3 Å². The van der Waals surface area contributed by atoms with Crippen molar-refractivity contribution in [1.82, 2.24) is 9.97 Å². The predicted molar refractivity (Wildman–Crippen MR) is 67.7 cm³/mol. The van der Waals surface area contributed by atoms with Crippen molar-refractivity contribution in [1.29, 1.82) is 0 Å². The first-order valence-electron chi connectivity index (χ1n) is 4.49. The predicted octanol–water partition coefficient (Wildman–Crippen LogP) is 2.35. The molecule has 15 heavy (non-hydrogen) atoms. The van der Waals surface area contributed by atoms with Gasteiger partial charge in [0.15, 0.2) is 0 Å². The van der Waals surface area contributed by atoms with Crippen molar-refractivity contribution in [2.45, 2.75) is 6.92 Å². The number of benzene rings is 1. The van der Waals surface area contributed by atoms with E-state index in [1.807, 2.05) is 53.8 Å². The lowest BCUT2D eigenvalue weighted by atomic mass is 10.1. The van der Waals surface area contributed by atoms with E-state index in [0.717, 1.165) is 11.1 Å². The zero-order valence-corrected chi connectivity index (χ0v) is 10.3. The van der Waals surface area contributed by atoms with Gasteiger partial charge in [0.1, 0.15) is 5.82 Å². The normalized spacial score (nSPS) is 10.3. The molecule has 1 aromatic heterocycles. The summed E-state index contributed by atoms with van der Waals surface area (Å²) < 4.78 is 0.602. The van der Waals surface area contributed by atoms with Gasteiger partial charge >= 0.3 is 0 Å². The summed E-state index contributed by atoms with van der Waals surface area (Å²) >= 11 is 1.96. The number of nitrogens with one attached hydrogen (secondary N) is 1. The lowest BCUT2D eigenvalue weighted by Crippen LogP contribution is -2.11. The highest BCUT2D eigenvalue weighted by atomic mass is 127. The molecule has 4 heteroatoms. The molecule has 0 aliphatic rings. The Morgan fingerprint density at radius 1 is 1.33 bits per heavy atom. The number of aromatic nitrogens is 2. The summed E-state index contributed by atoms with van der Waals surface area (Å²) in [5, 5.41) is 0. The molecule has 0 saturated heterocycles. The SMILES string of the molecule is Cc1ccccc1-c1ncc(I)c(=O)[nH]1. The van der Waals surface area contributed by atoms with Crippen molar-refractivity contribution >= 4 is 22.6 Å². The fourth-order valence-corrected chi connectivity index (χ4v) is 1.63. The second kappa shape index (κ2) is 4.14. The van der Waals surface area contributed by atoms with Crippen LogP contribution >= 0.6 is 22.6 Å². The largest absolute Gasteiger partial charge is 0.306 e. The second-order valence-corrected chi connectivity index (χ2v) is 4.39. The molecule has 0 saturated carbocycles. The van der Waals surface area contributed by atoms with Crippen molar-refractivity contribution in [3.05, 3.63) is 49.9 Å². The number of rotatable bonds is 1. The van der Waals surface area contributed by atoms with Crippen molar-refractivity contribution in [3.8, 4) is 11.4 Å². The lowest BCUT2D eigenvalue weighted by molar-refractivity contribution is 1.10. The molecular weight excluding hydrogens is 303 g/mol. The molecule has 0 fully saturated rings. The van der Waals surface area contributed by atoms with Crippen LogP contribution in [-0.4, -0.2) is 9.97 Å². The third-order valence-electron chi connectivity index (χ3n) is 2.16. The first kappa shape index (κ1) is 10.4. The highest BCUT2D eigenvalue weighted by molar-refractivity contribution is 14.1. The smallest absolute Gasteiger partial charge is 0.264 e. The van der Waals surface area contributed by atoms with Crippen molar-refractivity contribution in [2.75, 3.05) is 0 Å². The highest BCUT2D eigenvalue weighted by Crippen LogP contribution is 2.17. The van der Waals surface area contributed by atoms with Crippen LogP contribution in [0.2, 0.25) is 0 Å². The Kier molecular flexibility index (Phi) is 2.86. The summed E-state index contributed by atoms with van der Waals surface area (Å²) in [7, 11) is 0. The molecule has 0 amide bonds. The first-order valence-corrected chi connectivity index (χ1v) is 5.57. The summed E-state index contributed by atoms with van der Waals surface area (Å²) in [6, 6.07) is 7.83. The van der Waals surface area contributed by atoms with E-state index in [1.54, 1.807) is 6.20 Å². The van der Waals surface area contributed by atoms with Gasteiger partial charge in [-0.1, -0.05) is 24.3 Å². The van der Waals surface area contributed by atoms with E-state index in [4.69, 9.17) is 0 Å². The molecule has 2 rings (SSSR count). The number of aromatic amines is 1. The summed E-state index contributed by atoms with van der Waals surface area (Å²) in [6.07, 6.45) is 1.58. The molecular formula is C11H9IN2O. The molecule has 0 aliphatic carbocycles. The number of halogens is 1. The van der Waals surface area contributed by atoms with Crippen LogP contribution in [0.3, 0.4) is 0 Å². The van der Waals surface area contributed by atoms with Gasteiger partial charge in [-0.25, -0.2) is 4.98 Å². The van der Waals surface area contributed by atoms with E-state index < -0.39 is 0 Å². The molecule has 3 nitrogen and oxygen atoms in total. The Hall–Kier alpha value is -1.17. The number of H-pyrrole nitrogens is 1. The van der Waals surface area contributed by atoms with Crippen molar-refractivity contribution in [3.63, 3.8) is 0 Å². The standard InChI is InChI=1S/C11H9IN2O/c1-7-4-2-3-5-8(7)10-13-6-9(12)11(15)14-10/h2-6H,1H3,(H,13,14,15). The molecule has 0 aliphatic heterocycles. The highest BCUT2D eigenvalue weighted by Gasteiger charge is 2.04. The van der Waals surface area contributed by atoms with Gasteiger partial charge in [-0.05, 0) is 35.1 Å². The quantitative estimate of drug-likeness (QED) is 0.822. The zero-order chi connectivity index (χ0) is 10.8. The molecule has 1 heterocycles. The van der Waals surface area contributed by atoms with Crippen LogP contribution in [0.4, 0.5) is 0 Å². The fourth-order valence-electron chi connectivity index (χ4n) is 1.35. The average molecular weight is 312 g/mol. The third-order valence-corrected chi connectivity index (χ3v) is 2.92. The minimum absolute atomic E-state index is 0.0937. The second-order valence-electron chi connectivity index (χ2n) is 3.22. The molecule has 0 spiro atoms. The van der Waals surface area contributed by atoms with E-state index >= 15 is 0 Å². The summed E-state index contributed by atoms with van der Waals surface area (Å²) in [5.41, 5.74) is 1.97. The van der Waals surface area contributed by atoms with E-state index in [-0.39, 0.29) is 5.56 Å². The van der Waals surface area contributed by atoms with Gasteiger partial charge in [-0.2, -0.15) is 0 Å². The van der Waals surface area contributed by atoms with E-state index in [1.165, 1.54) is 0 Å². The van der Waals surface area contributed by atoms with E-state index in [9.17, 15) is 4.79 Å². The lowest BCUT2D eigenvalue weighted by Gasteiger charge is -2.03. The third kappa shape index (κ3) is 2.09. The Balaban J connectivity index is 2.60. The van der Waals surface area contributed by atoms with Crippen LogP contribution in [0.25, 0.3) is 11.4 Å². The maximum Gasteiger partial charge on any atom is 0.264 e. The molecule has 0 radical (unpaired) electrons. The number of aryl methyl sites for hydroxylation is 1. The van der Waals surface area contributed by atoms with Gasteiger partial charge in [-0.3, -0.25) is 4.79 Å². The van der Waals surface area contributed by atoms with Gasteiger partial charge < -0.3 is 4.98 Å². The maximum absolute atomic E-state index is 11.4. The van der Waals surface area contributed by atoms with Crippen LogP contribution in [-0.2, 0) is 0 Å². The number of nitrogens with zero attached hydrogens (tertiary/aromatic N) is 1. The monoisotopic (exact) mass is 312 g/mol. The van der Waals surface area contributed by atoms with Crippen LogP contribution in [0, 0.1) is 10.5 Å². The van der Waals surface area contributed by atoms with Crippen LogP contribution < -0.4 is 5.56 Å². The van der Waals surface area contributed by atoms with Crippen LogP contribution in [0.5, 0.6) is 0 Å². The van der Waals surface area contributed by atoms with Crippen molar-refractivity contribution < 1.29 is 0 Å². The molecule has 0 atom stereocenters. The minimum atomic E-state index is -0.0937. The Morgan fingerprint density at radius 3 is 2.73 bits per heavy atom. The minimum Gasteiger partial charge on any atom is -0.306 e. The summed E-state index contributed by atoms with van der Waals surface area (Å²) in [6.45, 7) is 1.99. The Labute approximate surface area is 101 Å². The van der Waals surface area contributed by atoms with Gasteiger partial charge in [0.2, 0.25) is 0 Å². The maximum atomic E-state index is 11.4. The van der Waals surface area contributed by atoms with E-state index in [0.29, 0.717) is 9.39 Å². The zero-order valence-electron chi connectivity index (χ0n) is 8.12. The number of hydrogen-bond acceptors (Lipinski definition) is 2. The topological polar surface area (TPSA) is 45.8 Å². The molecule has 1 N–H and O–H groups in total. The fraction of sp³-hybridized carbons (Fsp3) is 0.0909. The molecule has 0 unspecified atom stereocenters. The Morgan fingerprint density at radius 2 is 2.07 bits per heavy atom. The number of hydrogen-bond donors (Lipinski definition) is 1. The first-order chi connectivity index (χ1) is 7.18.